The number of alkyl halides is 2. The van der Waals surface area contributed by atoms with Crippen LogP contribution in [0.25, 0.3) is 0 Å². The smallest absolute Gasteiger partial charge is 0.429 e. The first-order valence-corrected chi connectivity index (χ1v) is 13.5. The van der Waals surface area contributed by atoms with Gasteiger partial charge in [-0.2, -0.15) is 17.6 Å². The minimum absolute atomic E-state index is 0.0387. The molecule has 2 fully saturated rings. The number of hydrogen-bond donors (Lipinski definition) is 0. The largest absolute Gasteiger partial charge is 0.493 e. The first-order valence-electron chi connectivity index (χ1n) is 13.5. The molecule has 2 aromatic rings. The Hall–Kier alpha value is -2.99. The lowest BCUT2D eigenvalue weighted by Gasteiger charge is -2.37. The average Bonchev–Trinajstić information content (AvgIpc) is 2.92. The van der Waals surface area contributed by atoms with Gasteiger partial charge >= 0.3 is 12.2 Å². The first kappa shape index (κ1) is 31.0. The van der Waals surface area contributed by atoms with Gasteiger partial charge in [0.1, 0.15) is 22.9 Å². The number of benzene rings is 2. The van der Waals surface area contributed by atoms with Crippen molar-refractivity contribution in [3.63, 3.8) is 0 Å². The fourth-order valence-corrected chi connectivity index (χ4v) is 5.08. The third-order valence-corrected chi connectivity index (χ3v) is 7.19. The van der Waals surface area contributed by atoms with Gasteiger partial charge in [-0.1, -0.05) is 13.3 Å². The second-order valence-electron chi connectivity index (χ2n) is 10.3. The fraction of sp³-hybridized carbons (Fsp3) is 0.517. The maximum atomic E-state index is 14.7. The van der Waals surface area contributed by atoms with E-state index in [0.29, 0.717) is 37.2 Å². The molecule has 41 heavy (non-hydrogen) atoms. The van der Waals surface area contributed by atoms with Gasteiger partial charge in [-0.25, -0.2) is 13.2 Å². The summed E-state index contributed by atoms with van der Waals surface area (Å²) in [7, 11) is 0. The van der Waals surface area contributed by atoms with E-state index in [1.165, 1.54) is 0 Å². The lowest BCUT2D eigenvalue weighted by Crippen LogP contribution is -2.38. The van der Waals surface area contributed by atoms with Crippen LogP contribution in [0.5, 0.6) is 17.2 Å². The minimum atomic E-state index is -4.33. The Morgan fingerprint density at radius 3 is 2.12 bits per heavy atom. The Kier molecular flexibility index (Phi) is 10.4. The van der Waals surface area contributed by atoms with E-state index in [9.17, 15) is 30.7 Å². The Bertz CT molecular complexity index is 1170. The van der Waals surface area contributed by atoms with E-state index in [4.69, 9.17) is 14.2 Å². The quantitative estimate of drug-likeness (QED) is 0.194. The van der Waals surface area contributed by atoms with Gasteiger partial charge in [-0.15, -0.1) is 0 Å². The lowest BCUT2D eigenvalue weighted by molar-refractivity contribution is -0.230. The van der Waals surface area contributed by atoms with Gasteiger partial charge in [-0.05, 0) is 50.2 Å². The molecule has 5 nitrogen and oxygen atoms in total. The summed E-state index contributed by atoms with van der Waals surface area (Å²) in [6.07, 6.45) is -1.43. The second-order valence-corrected chi connectivity index (χ2v) is 10.3. The number of rotatable bonds is 11. The highest BCUT2D eigenvalue weighted by atomic mass is 19.3. The van der Waals surface area contributed by atoms with Crippen LogP contribution in [0.15, 0.2) is 42.7 Å². The molecule has 4 rings (SSSR count). The summed E-state index contributed by atoms with van der Waals surface area (Å²) in [4.78, 5) is 0. The summed E-state index contributed by atoms with van der Waals surface area (Å²) in [5.41, 5.74) is -1.19. The zero-order chi connectivity index (χ0) is 29.6. The van der Waals surface area contributed by atoms with Crippen molar-refractivity contribution in [1.29, 1.82) is 0 Å². The molecule has 1 saturated heterocycles. The van der Waals surface area contributed by atoms with Gasteiger partial charge in [0.05, 0.1) is 19.8 Å². The van der Waals surface area contributed by atoms with Crippen molar-refractivity contribution in [3.8, 4) is 17.2 Å². The van der Waals surface area contributed by atoms with E-state index >= 15 is 0 Å². The normalized spacial score (nSPS) is 23.1. The van der Waals surface area contributed by atoms with Crippen LogP contribution in [0, 0.1) is 35.2 Å². The third-order valence-electron chi connectivity index (χ3n) is 7.19. The van der Waals surface area contributed by atoms with Crippen molar-refractivity contribution in [3.05, 3.63) is 65.7 Å². The van der Waals surface area contributed by atoms with Crippen LogP contribution >= 0.6 is 0 Å². The van der Waals surface area contributed by atoms with Crippen LogP contribution < -0.4 is 14.2 Å². The molecule has 0 atom stereocenters. The van der Waals surface area contributed by atoms with E-state index in [-0.39, 0.29) is 30.8 Å². The molecule has 0 spiro atoms. The summed E-state index contributed by atoms with van der Waals surface area (Å²) in [6, 6.07) is 3.29. The van der Waals surface area contributed by atoms with Crippen LogP contribution in [-0.4, -0.2) is 26.1 Å². The van der Waals surface area contributed by atoms with Crippen molar-refractivity contribution < 1.29 is 54.4 Å². The molecule has 1 saturated carbocycles. The molecular formula is C29H31F7O5. The summed E-state index contributed by atoms with van der Waals surface area (Å²) >= 11 is 0. The molecular weight excluding hydrogens is 561 g/mol. The monoisotopic (exact) mass is 592 g/mol. The maximum absolute atomic E-state index is 14.7. The first-order chi connectivity index (χ1) is 19.6. The lowest BCUT2D eigenvalue weighted by atomic mass is 9.82. The predicted molar refractivity (Wildman–Crippen MR) is 133 cm³/mol. The maximum Gasteiger partial charge on any atom is 0.429 e. The predicted octanol–water partition coefficient (Wildman–Crippen LogP) is 8.32. The SMILES string of the molecule is CCCC1COC(C2CCC(COc3ccc(C(F)(F)Oc4cc(F)c(OC=C(F)F)c(F)c4)c(F)c3)CC2)OC1. The number of ether oxygens (including phenoxy) is 5. The van der Waals surface area contributed by atoms with Gasteiger partial charge in [0.2, 0.25) is 0 Å². The molecule has 12 heteroatoms. The zero-order valence-corrected chi connectivity index (χ0v) is 22.3. The van der Waals surface area contributed by atoms with Gasteiger partial charge in [0.25, 0.3) is 0 Å². The molecule has 1 aliphatic heterocycles. The van der Waals surface area contributed by atoms with Crippen LogP contribution in [0.1, 0.15) is 51.0 Å². The van der Waals surface area contributed by atoms with Gasteiger partial charge < -0.3 is 23.7 Å². The van der Waals surface area contributed by atoms with E-state index in [1.807, 2.05) is 0 Å². The van der Waals surface area contributed by atoms with E-state index in [0.717, 1.165) is 56.7 Å². The van der Waals surface area contributed by atoms with Gasteiger partial charge in [0, 0.05) is 30.0 Å². The van der Waals surface area contributed by atoms with Crippen LogP contribution in [0.4, 0.5) is 30.7 Å². The zero-order valence-electron chi connectivity index (χ0n) is 22.3. The van der Waals surface area contributed by atoms with Crippen molar-refractivity contribution in [1.82, 2.24) is 0 Å². The number of halogens is 7. The highest BCUT2D eigenvalue weighted by Crippen LogP contribution is 2.38. The summed E-state index contributed by atoms with van der Waals surface area (Å²) in [6.45, 7) is 3.84. The van der Waals surface area contributed by atoms with Gasteiger partial charge in [-0.3, -0.25) is 0 Å². The molecule has 0 unspecified atom stereocenters. The molecule has 2 aliphatic rings. The highest BCUT2D eigenvalue weighted by molar-refractivity contribution is 5.37. The van der Waals surface area contributed by atoms with E-state index in [2.05, 4.69) is 16.4 Å². The van der Waals surface area contributed by atoms with E-state index in [1.54, 1.807) is 0 Å². The summed E-state index contributed by atoms with van der Waals surface area (Å²) in [5, 5.41) is 0. The Morgan fingerprint density at radius 2 is 1.54 bits per heavy atom. The summed E-state index contributed by atoms with van der Waals surface area (Å²) in [5.74, 6) is -5.79. The Balaban J connectivity index is 1.28. The molecule has 0 radical (unpaired) electrons. The Morgan fingerprint density at radius 1 is 0.902 bits per heavy atom. The Labute approximate surface area is 233 Å². The minimum Gasteiger partial charge on any atom is -0.493 e. The molecule has 0 aromatic heterocycles. The third kappa shape index (κ3) is 8.28. The molecule has 226 valence electrons. The summed E-state index contributed by atoms with van der Waals surface area (Å²) < 4.78 is 122. The molecule has 0 bridgehead atoms. The standard InChI is InChI=1S/C29H31F7O5/c1-2-3-18-14-39-28(40-15-18)19-6-4-17(5-7-19)13-37-20-8-9-22(23(30)10-20)29(35,36)41-21-11-24(31)27(25(32)12-21)38-16-26(33)34/h8-12,16-19,28H,2-7,13-15H2,1H3. The molecule has 0 N–H and O–H groups in total. The second kappa shape index (κ2) is 13.8. The van der Waals surface area contributed by atoms with Crippen LogP contribution in [-0.2, 0) is 15.6 Å². The highest BCUT2D eigenvalue weighted by Gasteiger charge is 2.38. The van der Waals surface area contributed by atoms with Crippen molar-refractivity contribution in [2.75, 3.05) is 19.8 Å². The van der Waals surface area contributed by atoms with Gasteiger partial charge in [0.15, 0.2) is 29.9 Å². The van der Waals surface area contributed by atoms with Crippen molar-refractivity contribution in [2.45, 2.75) is 57.8 Å². The number of hydrogen-bond acceptors (Lipinski definition) is 5. The van der Waals surface area contributed by atoms with Crippen LogP contribution in [0.3, 0.4) is 0 Å². The average molecular weight is 593 g/mol. The van der Waals surface area contributed by atoms with Crippen molar-refractivity contribution in [2.24, 2.45) is 17.8 Å². The molecule has 0 amide bonds. The fourth-order valence-electron chi connectivity index (χ4n) is 5.08. The topological polar surface area (TPSA) is 46.2 Å². The van der Waals surface area contributed by atoms with Crippen molar-refractivity contribution >= 4 is 0 Å². The van der Waals surface area contributed by atoms with Crippen LogP contribution in [0.2, 0.25) is 0 Å². The molecule has 2 aromatic carbocycles. The molecule has 1 heterocycles. The van der Waals surface area contributed by atoms with E-state index < -0.39 is 46.7 Å². The molecule has 1 aliphatic carbocycles.